The van der Waals surface area contributed by atoms with Gasteiger partial charge in [0.2, 0.25) is 0 Å². The van der Waals surface area contributed by atoms with Crippen molar-refractivity contribution in [2.75, 3.05) is 18.1 Å². The average molecular weight is 224 g/mol. The molecule has 0 heterocycles. The highest BCUT2D eigenvalue weighted by Crippen LogP contribution is 2.14. The first-order valence-corrected chi connectivity index (χ1v) is 6.69. The summed E-state index contributed by atoms with van der Waals surface area (Å²) >= 11 is 3.06. The van der Waals surface area contributed by atoms with Gasteiger partial charge in [-0.05, 0) is 36.9 Å². The first kappa shape index (κ1) is 13.6. The fourth-order valence-corrected chi connectivity index (χ4v) is 1.75. The third kappa shape index (κ3) is 8.94. The fourth-order valence-electron chi connectivity index (χ4n) is 0.806. The molecule has 0 N–H and O–H groups in total. The molecule has 0 bridgehead atoms. The summed E-state index contributed by atoms with van der Waals surface area (Å²) in [5, 5.41) is 0. The lowest BCUT2D eigenvalue weighted by Crippen LogP contribution is -2.10. The van der Waals surface area contributed by atoms with Crippen molar-refractivity contribution < 1.29 is 8.37 Å². The quantitative estimate of drug-likeness (QED) is 0.440. The van der Waals surface area contributed by atoms with E-state index in [0.29, 0.717) is 6.10 Å². The van der Waals surface area contributed by atoms with E-state index < -0.39 is 0 Å². The van der Waals surface area contributed by atoms with Crippen LogP contribution in [0.3, 0.4) is 0 Å². The largest absolute Gasteiger partial charge is 0.315 e. The highest BCUT2D eigenvalue weighted by molar-refractivity contribution is 7.94. The van der Waals surface area contributed by atoms with Crippen LogP contribution in [0.15, 0.2) is 0 Å². The summed E-state index contributed by atoms with van der Waals surface area (Å²) in [5.41, 5.74) is 0. The molecule has 0 radical (unpaired) electrons. The summed E-state index contributed by atoms with van der Waals surface area (Å²) in [6.07, 6.45) is 2.41. The summed E-state index contributed by atoms with van der Waals surface area (Å²) in [6, 6.07) is 0. The summed E-state index contributed by atoms with van der Waals surface area (Å²) in [5.74, 6) is 2.03. The molecule has 0 saturated carbocycles. The Morgan fingerprint density at radius 3 is 2.31 bits per heavy atom. The second kappa shape index (κ2) is 10.7. The van der Waals surface area contributed by atoms with Crippen LogP contribution in [-0.2, 0) is 8.37 Å². The van der Waals surface area contributed by atoms with Gasteiger partial charge in [0.05, 0.1) is 12.7 Å². The molecule has 2 nitrogen and oxygen atoms in total. The van der Waals surface area contributed by atoms with Gasteiger partial charge in [0, 0.05) is 11.5 Å². The number of hydrogen-bond acceptors (Lipinski definition) is 4. The molecule has 13 heavy (non-hydrogen) atoms. The summed E-state index contributed by atoms with van der Waals surface area (Å²) < 4.78 is 10.9. The molecule has 0 rings (SSSR count). The van der Waals surface area contributed by atoms with E-state index in [2.05, 4.69) is 20.8 Å². The van der Waals surface area contributed by atoms with Gasteiger partial charge in [0.1, 0.15) is 0 Å². The molecule has 0 aromatic rings. The van der Waals surface area contributed by atoms with E-state index in [9.17, 15) is 0 Å². The zero-order valence-corrected chi connectivity index (χ0v) is 10.4. The predicted octanol–water partition coefficient (Wildman–Crippen LogP) is 3.52. The molecule has 0 aliphatic rings. The van der Waals surface area contributed by atoms with Crippen LogP contribution in [0, 0.1) is 0 Å². The molecule has 0 aliphatic heterocycles. The molecule has 0 fully saturated rings. The molecule has 0 aliphatic carbocycles. The van der Waals surface area contributed by atoms with Gasteiger partial charge in [-0.25, -0.2) is 0 Å². The lowest BCUT2D eigenvalue weighted by molar-refractivity contribution is 0.194. The van der Waals surface area contributed by atoms with Gasteiger partial charge in [0.25, 0.3) is 0 Å². The Labute approximate surface area is 90.6 Å². The topological polar surface area (TPSA) is 18.5 Å². The molecule has 80 valence electrons. The van der Waals surface area contributed by atoms with Crippen LogP contribution in [0.5, 0.6) is 0 Å². The molecule has 1 unspecified atom stereocenters. The lowest BCUT2D eigenvalue weighted by atomic mass is 10.2. The van der Waals surface area contributed by atoms with Gasteiger partial charge in [-0.1, -0.05) is 20.8 Å². The van der Waals surface area contributed by atoms with E-state index in [4.69, 9.17) is 8.37 Å². The van der Waals surface area contributed by atoms with Crippen LogP contribution >= 0.6 is 24.1 Å². The van der Waals surface area contributed by atoms with Gasteiger partial charge >= 0.3 is 0 Å². The van der Waals surface area contributed by atoms with Crippen LogP contribution in [0.2, 0.25) is 0 Å². The fraction of sp³-hybridized carbons (Fsp3) is 1.00. The Morgan fingerprint density at radius 2 is 1.77 bits per heavy atom. The van der Waals surface area contributed by atoms with Gasteiger partial charge in [-0.15, -0.1) is 0 Å². The summed E-state index contributed by atoms with van der Waals surface area (Å²) in [6.45, 7) is 7.13. The van der Waals surface area contributed by atoms with Gasteiger partial charge < -0.3 is 8.37 Å². The molecule has 0 amide bonds. The van der Waals surface area contributed by atoms with Crippen molar-refractivity contribution >= 4 is 24.1 Å². The van der Waals surface area contributed by atoms with Crippen molar-refractivity contribution in [3.63, 3.8) is 0 Å². The van der Waals surface area contributed by atoms with Gasteiger partial charge in [-0.2, -0.15) is 0 Å². The van der Waals surface area contributed by atoms with Crippen molar-refractivity contribution in [1.82, 2.24) is 0 Å². The molecule has 4 heteroatoms. The molecule has 1 atom stereocenters. The number of hydrogen-bond donors (Lipinski definition) is 0. The minimum Gasteiger partial charge on any atom is -0.315 e. The van der Waals surface area contributed by atoms with E-state index in [1.807, 2.05) is 0 Å². The lowest BCUT2D eigenvalue weighted by Gasteiger charge is -2.13. The van der Waals surface area contributed by atoms with Crippen LogP contribution in [0.1, 0.15) is 33.6 Å². The molecular formula is C9H20O2S2. The Hall–Kier alpha value is 0.620. The van der Waals surface area contributed by atoms with Crippen LogP contribution < -0.4 is 0 Å². The monoisotopic (exact) mass is 224 g/mol. The molecular weight excluding hydrogens is 204 g/mol. The Kier molecular flexibility index (Phi) is 11.2. The Bertz CT molecular complexity index is 102. The average Bonchev–Trinajstić information content (AvgIpc) is 2.17. The van der Waals surface area contributed by atoms with Crippen LogP contribution in [-0.4, -0.2) is 24.2 Å². The Morgan fingerprint density at radius 1 is 1.08 bits per heavy atom. The van der Waals surface area contributed by atoms with E-state index in [1.54, 1.807) is 12.0 Å². The normalized spacial score (nSPS) is 13.2. The smallest absolute Gasteiger partial charge is 0.0742 e. The third-order valence-corrected chi connectivity index (χ3v) is 2.71. The molecule has 0 aromatic carbocycles. The van der Waals surface area contributed by atoms with Crippen molar-refractivity contribution in [3.05, 3.63) is 0 Å². The zero-order chi connectivity index (χ0) is 9.94. The highest BCUT2D eigenvalue weighted by Gasteiger charge is 2.06. The van der Waals surface area contributed by atoms with Crippen molar-refractivity contribution in [1.29, 1.82) is 0 Å². The highest BCUT2D eigenvalue weighted by atomic mass is 32.2. The summed E-state index contributed by atoms with van der Waals surface area (Å²) in [7, 11) is 0. The number of rotatable bonds is 9. The van der Waals surface area contributed by atoms with Crippen LogP contribution in [0.25, 0.3) is 0 Å². The minimum atomic E-state index is 0.349. The van der Waals surface area contributed by atoms with E-state index in [-0.39, 0.29) is 0 Å². The maximum Gasteiger partial charge on any atom is 0.0742 e. The summed E-state index contributed by atoms with van der Waals surface area (Å²) in [4.78, 5) is 0. The second-order valence-corrected chi connectivity index (χ2v) is 4.60. The van der Waals surface area contributed by atoms with Crippen molar-refractivity contribution in [2.45, 2.75) is 39.7 Å². The minimum absolute atomic E-state index is 0.349. The molecule has 0 spiro atoms. The van der Waals surface area contributed by atoms with E-state index in [0.717, 1.165) is 31.0 Å². The SMILES string of the molecule is CCSOCCC(CC)OSCC. The maximum atomic E-state index is 5.55. The molecule has 0 aromatic heterocycles. The second-order valence-electron chi connectivity index (χ2n) is 2.55. The van der Waals surface area contributed by atoms with Gasteiger partial charge in [0.15, 0.2) is 0 Å². The first-order chi connectivity index (χ1) is 6.35. The zero-order valence-electron chi connectivity index (χ0n) is 8.75. The van der Waals surface area contributed by atoms with E-state index >= 15 is 0 Å². The van der Waals surface area contributed by atoms with E-state index in [1.165, 1.54) is 12.0 Å². The van der Waals surface area contributed by atoms with Gasteiger partial charge in [-0.3, -0.25) is 0 Å². The third-order valence-electron chi connectivity index (χ3n) is 1.50. The van der Waals surface area contributed by atoms with Crippen LogP contribution in [0.4, 0.5) is 0 Å². The van der Waals surface area contributed by atoms with Crippen molar-refractivity contribution in [3.8, 4) is 0 Å². The Balaban J connectivity index is 3.25. The first-order valence-electron chi connectivity index (χ1n) is 4.87. The maximum absolute atomic E-state index is 5.55. The molecule has 0 saturated heterocycles. The predicted molar refractivity (Wildman–Crippen MR) is 62.0 cm³/mol. The van der Waals surface area contributed by atoms with Crippen molar-refractivity contribution in [2.24, 2.45) is 0 Å². The standard InChI is InChI=1S/C9H20O2S2/c1-4-9(11-13-6-3)7-8-10-12-5-2/h9H,4-8H2,1-3H3.